The molecular formula is C15H18N4O5. The van der Waals surface area contributed by atoms with Crippen molar-refractivity contribution in [1.29, 1.82) is 0 Å². The second-order valence-corrected chi connectivity index (χ2v) is 5.51. The van der Waals surface area contributed by atoms with Gasteiger partial charge in [-0.1, -0.05) is 5.16 Å². The number of esters is 1. The van der Waals surface area contributed by atoms with Crippen molar-refractivity contribution in [2.24, 2.45) is 0 Å². The van der Waals surface area contributed by atoms with Crippen molar-refractivity contribution < 1.29 is 19.0 Å². The maximum Gasteiger partial charge on any atom is 0.325 e. The minimum Gasteiger partial charge on any atom is -0.465 e. The Bertz CT molecular complexity index is 724. The zero-order valence-corrected chi connectivity index (χ0v) is 13.6. The van der Waals surface area contributed by atoms with E-state index < -0.39 is 10.5 Å². The Hall–Kier alpha value is -2.81. The topological polar surface area (TPSA) is 120 Å². The van der Waals surface area contributed by atoms with Crippen molar-refractivity contribution in [3.63, 3.8) is 0 Å². The second kappa shape index (κ2) is 7.18. The SMILES string of the molecule is CCOC(=O)C(C)(C)NCc1nc(-c2ccc([N+](=O)[O-])cc2)no1. The van der Waals surface area contributed by atoms with Gasteiger partial charge in [0, 0.05) is 17.7 Å². The van der Waals surface area contributed by atoms with Crippen LogP contribution < -0.4 is 5.32 Å². The van der Waals surface area contributed by atoms with Crippen LogP contribution in [0, 0.1) is 10.1 Å². The van der Waals surface area contributed by atoms with Gasteiger partial charge in [0.2, 0.25) is 11.7 Å². The van der Waals surface area contributed by atoms with E-state index in [0.29, 0.717) is 23.9 Å². The fraction of sp³-hybridized carbons (Fsp3) is 0.400. The smallest absolute Gasteiger partial charge is 0.325 e. The first-order chi connectivity index (χ1) is 11.3. The molecule has 1 N–H and O–H groups in total. The summed E-state index contributed by atoms with van der Waals surface area (Å²) in [7, 11) is 0. The van der Waals surface area contributed by atoms with Gasteiger partial charge in [0.1, 0.15) is 5.54 Å². The molecule has 0 aliphatic heterocycles. The highest BCUT2D eigenvalue weighted by Gasteiger charge is 2.29. The molecule has 0 aliphatic rings. The van der Waals surface area contributed by atoms with E-state index in [4.69, 9.17) is 9.26 Å². The van der Waals surface area contributed by atoms with Crippen LogP contribution in [0.5, 0.6) is 0 Å². The fourth-order valence-corrected chi connectivity index (χ4v) is 1.86. The molecule has 0 fully saturated rings. The normalized spacial score (nSPS) is 11.3. The molecule has 0 bridgehead atoms. The van der Waals surface area contributed by atoms with E-state index >= 15 is 0 Å². The van der Waals surface area contributed by atoms with Crippen LogP contribution in [0.1, 0.15) is 26.7 Å². The maximum atomic E-state index is 11.8. The van der Waals surface area contributed by atoms with Gasteiger partial charge in [-0.25, -0.2) is 0 Å². The third-order valence-corrected chi connectivity index (χ3v) is 3.27. The van der Waals surface area contributed by atoms with Gasteiger partial charge in [0.05, 0.1) is 18.1 Å². The molecular weight excluding hydrogens is 316 g/mol. The van der Waals surface area contributed by atoms with Gasteiger partial charge >= 0.3 is 5.97 Å². The number of nitrogens with one attached hydrogen (secondary N) is 1. The number of benzene rings is 1. The number of carbonyl (C=O) groups excluding carboxylic acids is 1. The van der Waals surface area contributed by atoms with E-state index in [9.17, 15) is 14.9 Å². The summed E-state index contributed by atoms with van der Waals surface area (Å²) in [5.41, 5.74) is -0.307. The lowest BCUT2D eigenvalue weighted by Gasteiger charge is -2.22. The molecule has 2 rings (SSSR count). The molecule has 9 nitrogen and oxygen atoms in total. The Balaban J connectivity index is 2.03. The zero-order chi connectivity index (χ0) is 17.7. The average Bonchev–Trinajstić information content (AvgIpc) is 3.02. The summed E-state index contributed by atoms with van der Waals surface area (Å²) in [6.45, 7) is 5.61. The molecule has 128 valence electrons. The summed E-state index contributed by atoms with van der Waals surface area (Å²) >= 11 is 0. The van der Waals surface area contributed by atoms with Crippen LogP contribution in [-0.4, -0.2) is 33.2 Å². The number of nitro benzene ring substituents is 1. The lowest BCUT2D eigenvalue weighted by molar-refractivity contribution is -0.384. The van der Waals surface area contributed by atoms with Crippen molar-refractivity contribution in [2.75, 3.05) is 6.61 Å². The van der Waals surface area contributed by atoms with E-state index in [1.807, 2.05) is 0 Å². The van der Waals surface area contributed by atoms with Crippen molar-refractivity contribution in [3.8, 4) is 11.4 Å². The number of rotatable bonds is 7. The lowest BCUT2D eigenvalue weighted by Crippen LogP contribution is -2.47. The third-order valence-electron chi connectivity index (χ3n) is 3.27. The Kier molecular flexibility index (Phi) is 5.24. The van der Waals surface area contributed by atoms with Crippen molar-refractivity contribution >= 4 is 11.7 Å². The van der Waals surface area contributed by atoms with E-state index in [0.717, 1.165) is 0 Å². The quantitative estimate of drug-likeness (QED) is 0.464. The van der Waals surface area contributed by atoms with Crippen molar-refractivity contribution in [3.05, 3.63) is 40.3 Å². The van der Waals surface area contributed by atoms with Gasteiger partial charge in [-0.15, -0.1) is 0 Å². The van der Waals surface area contributed by atoms with E-state index in [2.05, 4.69) is 15.5 Å². The van der Waals surface area contributed by atoms with Crippen LogP contribution in [0.3, 0.4) is 0 Å². The lowest BCUT2D eigenvalue weighted by atomic mass is 10.1. The monoisotopic (exact) mass is 334 g/mol. The van der Waals surface area contributed by atoms with Crippen LogP contribution in [0.15, 0.2) is 28.8 Å². The first-order valence-electron chi connectivity index (χ1n) is 7.33. The van der Waals surface area contributed by atoms with Crippen LogP contribution in [0.4, 0.5) is 5.69 Å². The minimum atomic E-state index is -0.891. The highest BCUT2D eigenvalue weighted by Crippen LogP contribution is 2.20. The number of aromatic nitrogens is 2. The molecule has 1 aromatic heterocycles. The van der Waals surface area contributed by atoms with Crippen LogP contribution >= 0.6 is 0 Å². The molecule has 0 saturated carbocycles. The maximum absolute atomic E-state index is 11.8. The summed E-state index contributed by atoms with van der Waals surface area (Å²) in [5, 5.41) is 17.5. The molecule has 1 heterocycles. The molecule has 9 heteroatoms. The minimum absolute atomic E-state index is 0.0136. The Labute approximate surface area is 138 Å². The number of hydrogen-bond donors (Lipinski definition) is 1. The molecule has 0 aliphatic carbocycles. The summed E-state index contributed by atoms with van der Waals surface area (Å²) in [6.07, 6.45) is 0. The first-order valence-corrected chi connectivity index (χ1v) is 7.33. The molecule has 0 radical (unpaired) electrons. The summed E-state index contributed by atoms with van der Waals surface area (Å²) in [4.78, 5) is 26.2. The van der Waals surface area contributed by atoms with E-state index in [1.165, 1.54) is 12.1 Å². The molecule has 2 aromatic rings. The molecule has 1 aromatic carbocycles. The van der Waals surface area contributed by atoms with Gasteiger partial charge in [-0.3, -0.25) is 20.2 Å². The van der Waals surface area contributed by atoms with Crippen LogP contribution in [0.2, 0.25) is 0 Å². The van der Waals surface area contributed by atoms with Gasteiger partial charge in [0.15, 0.2) is 0 Å². The predicted octanol–water partition coefficient (Wildman–Crippen LogP) is 2.08. The summed E-state index contributed by atoms with van der Waals surface area (Å²) in [6, 6.07) is 5.83. The molecule has 0 saturated heterocycles. The molecule has 0 unspecified atom stereocenters. The van der Waals surface area contributed by atoms with Gasteiger partial charge in [-0.2, -0.15) is 4.98 Å². The fourth-order valence-electron chi connectivity index (χ4n) is 1.86. The van der Waals surface area contributed by atoms with Gasteiger partial charge in [0.25, 0.3) is 5.69 Å². The first kappa shape index (κ1) is 17.5. The Morgan fingerprint density at radius 2 is 2.04 bits per heavy atom. The van der Waals surface area contributed by atoms with E-state index in [-0.39, 0.29) is 18.2 Å². The predicted molar refractivity (Wildman–Crippen MR) is 83.9 cm³/mol. The molecule has 0 spiro atoms. The summed E-state index contributed by atoms with van der Waals surface area (Å²) < 4.78 is 10.1. The number of nitro groups is 1. The number of non-ortho nitro benzene ring substituents is 1. The second-order valence-electron chi connectivity index (χ2n) is 5.51. The number of nitrogens with zero attached hydrogens (tertiary/aromatic N) is 3. The van der Waals surface area contributed by atoms with Crippen LogP contribution in [0.25, 0.3) is 11.4 Å². The zero-order valence-electron chi connectivity index (χ0n) is 13.6. The standard InChI is InChI=1S/C15H18N4O5/c1-4-23-14(20)15(2,3)16-9-12-17-13(18-24-12)10-5-7-11(8-6-10)19(21)22/h5-8,16H,4,9H2,1-3H3. The number of carbonyl (C=O) groups is 1. The highest BCUT2D eigenvalue weighted by molar-refractivity contribution is 5.79. The number of ether oxygens (including phenoxy) is 1. The van der Waals surface area contributed by atoms with Crippen molar-refractivity contribution in [2.45, 2.75) is 32.9 Å². The third kappa shape index (κ3) is 4.13. The number of hydrogen-bond acceptors (Lipinski definition) is 8. The largest absolute Gasteiger partial charge is 0.465 e. The van der Waals surface area contributed by atoms with Crippen molar-refractivity contribution in [1.82, 2.24) is 15.5 Å². The van der Waals surface area contributed by atoms with Gasteiger partial charge < -0.3 is 9.26 Å². The highest BCUT2D eigenvalue weighted by atomic mass is 16.6. The molecule has 24 heavy (non-hydrogen) atoms. The summed E-state index contributed by atoms with van der Waals surface area (Å²) in [5.74, 6) is 0.233. The Morgan fingerprint density at radius 3 is 2.62 bits per heavy atom. The average molecular weight is 334 g/mol. The van der Waals surface area contributed by atoms with Crippen LogP contribution in [-0.2, 0) is 16.1 Å². The molecule has 0 atom stereocenters. The van der Waals surface area contributed by atoms with E-state index in [1.54, 1.807) is 32.9 Å². The Morgan fingerprint density at radius 1 is 1.38 bits per heavy atom. The van der Waals surface area contributed by atoms with Gasteiger partial charge in [-0.05, 0) is 32.9 Å². The molecule has 0 amide bonds.